The molecule has 1 saturated heterocycles. The van der Waals surface area contributed by atoms with Gasteiger partial charge in [-0.05, 0) is 173 Å². The minimum atomic E-state index is -4.44. The molecule has 1 fully saturated rings. The predicted molar refractivity (Wildman–Crippen MR) is 287 cm³/mol. The summed E-state index contributed by atoms with van der Waals surface area (Å²) < 4.78 is 63.3. The molecule has 68 heavy (non-hydrogen) atoms. The van der Waals surface area contributed by atoms with Crippen molar-refractivity contribution in [3.8, 4) is 22.4 Å². The third-order valence-electron chi connectivity index (χ3n) is 11.8. The van der Waals surface area contributed by atoms with Crippen LogP contribution in [0, 0.1) is 18.7 Å². The molecule has 0 bridgehead atoms. The highest BCUT2D eigenvalue weighted by atomic mass is 35.5. The molecular weight excluding hydrogens is 960 g/mol. The van der Waals surface area contributed by atoms with Crippen LogP contribution in [0.15, 0.2) is 135 Å². The fraction of sp³-hybridized carbons (Fsp3) is 0.358. The van der Waals surface area contributed by atoms with Crippen molar-refractivity contribution >= 4 is 81.6 Å². The number of alkyl halides is 3. The van der Waals surface area contributed by atoms with Crippen molar-refractivity contribution in [2.45, 2.75) is 78.2 Å². The molecule has 1 atom stereocenters. The molecule has 2 N–H and O–H groups in total. The molecule has 15 heteroatoms. The number of thioether (sulfide) groups is 3. The number of hydrogen-bond acceptors (Lipinski definition) is 9. The van der Waals surface area contributed by atoms with E-state index in [1.165, 1.54) is 11.9 Å². The summed E-state index contributed by atoms with van der Waals surface area (Å²) in [7, 11) is 2.10. The molecule has 0 spiro atoms. The molecule has 1 unspecified atom stereocenters. The van der Waals surface area contributed by atoms with Gasteiger partial charge in [0.05, 0.1) is 5.69 Å². The Bertz CT molecular complexity index is 2570. The Balaban J connectivity index is 1.00. The van der Waals surface area contributed by atoms with Gasteiger partial charge in [-0.3, -0.25) is 0 Å². The van der Waals surface area contributed by atoms with Gasteiger partial charge in [-0.25, -0.2) is 4.39 Å². The largest absolute Gasteiger partial charge is 0.446 e. The van der Waals surface area contributed by atoms with Gasteiger partial charge in [-0.15, -0.1) is 23.5 Å². The fourth-order valence-corrected chi connectivity index (χ4v) is 12.2. The van der Waals surface area contributed by atoms with E-state index in [0.29, 0.717) is 27.3 Å². The third kappa shape index (κ3) is 13.8. The van der Waals surface area contributed by atoms with E-state index in [1.54, 1.807) is 47.8 Å². The lowest BCUT2D eigenvalue weighted by molar-refractivity contribution is -0.0328. The minimum Gasteiger partial charge on any atom is -0.381 e. The standard InChI is InChI=1S/C53H61ClF4N6S4/c1-35(2)33-61(6)24-23-43(34-66-46-11-9-8-10-12-46)59-48-22-21-47(32-49(48)67-53(56,57)58)68-60-42-17-19-44(20-18-42)62-25-27-63(28-26-62)45-30-39(29-41(55)31-45)50-51(38-13-15-40(54)16-14-38)64(36(3)4)37(5)52(50)65-7/h8-22,29-32,35-36,43,59-60H,23-28,33-34H2,1-7H3. The van der Waals surface area contributed by atoms with Crippen LogP contribution in [0.3, 0.4) is 0 Å². The van der Waals surface area contributed by atoms with E-state index >= 15 is 4.39 Å². The fourth-order valence-electron chi connectivity index (χ4n) is 8.84. The van der Waals surface area contributed by atoms with Gasteiger partial charge in [0.25, 0.3) is 0 Å². The number of nitrogens with zero attached hydrogens (tertiary/aromatic N) is 4. The number of aromatic nitrogens is 1. The monoisotopic (exact) mass is 1020 g/mol. The average molecular weight is 1020 g/mol. The molecule has 2 heterocycles. The Hall–Kier alpha value is -4.05. The lowest BCUT2D eigenvalue weighted by Gasteiger charge is -2.37. The summed E-state index contributed by atoms with van der Waals surface area (Å²) in [6, 6.07) is 36.9. The van der Waals surface area contributed by atoms with Crippen molar-refractivity contribution in [2.75, 3.05) is 78.2 Å². The van der Waals surface area contributed by atoms with E-state index in [9.17, 15) is 13.2 Å². The van der Waals surface area contributed by atoms with E-state index < -0.39 is 5.51 Å². The molecule has 362 valence electrons. The molecule has 0 aliphatic carbocycles. The Morgan fingerprint density at radius 2 is 1.46 bits per heavy atom. The van der Waals surface area contributed by atoms with Gasteiger partial charge in [0.15, 0.2) is 0 Å². The van der Waals surface area contributed by atoms with Gasteiger partial charge in [0, 0.05) is 109 Å². The van der Waals surface area contributed by atoms with Crippen LogP contribution in [0.4, 0.5) is 40.3 Å². The molecule has 1 aliphatic heterocycles. The zero-order valence-electron chi connectivity index (χ0n) is 39.7. The molecule has 1 aliphatic rings. The van der Waals surface area contributed by atoms with E-state index in [2.05, 4.69) is 108 Å². The van der Waals surface area contributed by atoms with E-state index in [4.69, 9.17) is 11.6 Å². The zero-order chi connectivity index (χ0) is 48.5. The highest BCUT2D eigenvalue weighted by Gasteiger charge is 2.31. The van der Waals surface area contributed by atoms with E-state index in [1.807, 2.05) is 60.7 Å². The number of rotatable bonds is 20. The van der Waals surface area contributed by atoms with Crippen LogP contribution in [-0.2, 0) is 0 Å². The maximum Gasteiger partial charge on any atom is 0.446 e. The SMILES string of the molecule is CSc1c(-c2cc(F)cc(N3CCN(c4ccc(NSc5ccc(NC(CCN(C)CC(C)C)CSc6ccccc6)c(SC(F)(F)F)c5)cc4)CC3)c2)c(-c2ccc(Cl)cc2)n(C(C)C)c1C. The van der Waals surface area contributed by atoms with Crippen molar-refractivity contribution in [3.63, 3.8) is 0 Å². The van der Waals surface area contributed by atoms with Crippen LogP contribution in [0.2, 0.25) is 5.02 Å². The summed E-state index contributed by atoms with van der Waals surface area (Å²) in [5.74, 6) is 0.965. The maximum atomic E-state index is 15.7. The Labute approximate surface area is 422 Å². The molecule has 5 aromatic carbocycles. The lowest BCUT2D eigenvalue weighted by Crippen LogP contribution is -2.46. The molecule has 0 amide bonds. The van der Waals surface area contributed by atoms with Crippen LogP contribution in [0.5, 0.6) is 0 Å². The number of benzene rings is 5. The quantitative estimate of drug-likeness (QED) is 0.0442. The molecule has 1 aromatic heterocycles. The van der Waals surface area contributed by atoms with Gasteiger partial charge in [-0.2, -0.15) is 13.2 Å². The van der Waals surface area contributed by atoms with Gasteiger partial charge >= 0.3 is 5.51 Å². The van der Waals surface area contributed by atoms with Crippen LogP contribution >= 0.6 is 58.8 Å². The second-order valence-corrected chi connectivity index (χ2v) is 22.2. The second-order valence-electron chi connectivity index (χ2n) is 17.9. The number of piperazine rings is 1. The Morgan fingerprint density at radius 3 is 2.09 bits per heavy atom. The topological polar surface area (TPSA) is 38.7 Å². The first kappa shape index (κ1) is 51.8. The van der Waals surface area contributed by atoms with Crippen molar-refractivity contribution in [1.82, 2.24) is 9.47 Å². The summed E-state index contributed by atoms with van der Waals surface area (Å²) >= 11 is 10.9. The first-order chi connectivity index (χ1) is 32.5. The Kier molecular flexibility index (Phi) is 18.1. The van der Waals surface area contributed by atoms with Crippen molar-refractivity contribution in [1.29, 1.82) is 0 Å². The first-order valence-corrected chi connectivity index (χ1v) is 27.2. The molecule has 0 radical (unpaired) electrons. The summed E-state index contributed by atoms with van der Waals surface area (Å²) in [5.41, 5.74) is 3.91. The molecule has 0 saturated carbocycles. The van der Waals surface area contributed by atoms with E-state index in [0.717, 1.165) is 101 Å². The average Bonchev–Trinajstić information content (AvgIpc) is 3.61. The Morgan fingerprint density at radius 1 is 0.779 bits per heavy atom. The summed E-state index contributed by atoms with van der Waals surface area (Å²) in [6.45, 7) is 15.6. The summed E-state index contributed by atoms with van der Waals surface area (Å²) in [4.78, 5) is 9.94. The highest BCUT2D eigenvalue weighted by Crippen LogP contribution is 2.47. The lowest BCUT2D eigenvalue weighted by atomic mass is 9.99. The normalized spacial score (nSPS) is 13.8. The van der Waals surface area contributed by atoms with Crippen LogP contribution < -0.4 is 19.8 Å². The zero-order valence-corrected chi connectivity index (χ0v) is 43.7. The van der Waals surface area contributed by atoms with Gasteiger partial charge in [0.1, 0.15) is 5.82 Å². The van der Waals surface area contributed by atoms with Crippen molar-refractivity contribution < 1.29 is 17.6 Å². The molecular formula is C53H61ClF4N6S4. The third-order valence-corrected chi connectivity index (χ3v) is 15.8. The molecule has 6 aromatic rings. The molecule has 6 nitrogen and oxygen atoms in total. The van der Waals surface area contributed by atoms with Gasteiger partial charge in [0.2, 0.25) is 0 Å². The van der Waals surface area contributed by atoms with Crippen LogP contribution in [0.25, 0.3) is 22.4 Å². The number of anilines is 4. The van der Waals surface area contributed by atoms with Crippen molar-refractivity contribution in [2.24, 2.45) is 5.92 Å². The highest BCUT2D eigenvalue weighted by molar-refractivity contribution is 8.01. The smallest absolute Gasteiger partial charge is 0.381 e. The van der Waals surface area contributed by atoms with Crippen LogP contribution in [0.1, 0.15) is 45.9 Å². The molecule has 7 rings (SSSR count). The van der Waals surface area contributed by atoms with Gasteiger partial charge in [-0.1, -0.05) is 55.8 Å². The number of hydrogen-bond donors (Lipinski definition) is 2. The second kappa shape index (κ2) is 23.7. The number of nitrogens with one attached hydrogen (secondary N) is 2. The maximum absolute atomic E-state index is 15.7. The first-order valence-electron chi connectivity index (χ1n) is 23.0. The van der Waals surface area contributed by atoms with Crippen molar-refractivity contribution in [3.05, 3.63) is 132 Å². The van der Waals surface area contributed by atoms with Crippen LogP contribution in [-0.4, -0.2) is 79.3 Å². The number of halogens is 5. The predicted octanol–water partition coefficient (Wildman–Crippen LogP) is 15.8. The van der Waals surface area contributed by atoms with E-state index in [-0.39, 0.29) is 34.6 Å². The minimum absolute atomic E-state index is 0.0456. The van der Waals surface area contributed by atoms with Gasteiger partial charge < -0.3 is 29.3 Å². The summed E-state index contributed by atoms with van der Waals surface area (Å²) in [6.07, 6.45) is 2.87. The summed E-state index contributed by atoms with van der Waals surface area (Å²) in [5, 5.41) is 4.17.